The summed E-state index contributed by atoms with van der Waals surface area (Å²) >= 11 is 3.16. The molecule has 1 heterocycles. The lowest BCUT2D eigenvalue weighted by atomic mass is 10.5. The summed E-state index contributed by atoms with van der Waals surface area (Å²) in [5.41, 5.74) is 0. The molecule has 0 fully saturated rings. The molecule has 4 heteroatoms. The first kappa shape index (κ1) is 7.12. The van der Waals surface area contributed by atoms with E-state index < -0.39 is 0 Å². The molecule has 1 aromatic rings. The van der Waals surface area contributed by atoms with Crippen LogP contribution in [0.25, 0.3) is 0 Å². The molecule has 0 saturated heterocycles. The average molecular weight is 199 g/mol. The third-order valence-electron chi connectivity index (χ3n) is 0.891. The Hall–Kier alpha value is -0.990. The lowest BCUT2D eigenvalue weighted by Crippen LogP contribution is -1.72. The maximum atomic E-state index is 9.77. The van der Waals surface area contributed by atoms with Gasteiger partial charge in [-0.2, -0.15) is 0 Å². The van der Waals surface area contributed by atoms with Crippen LogP contribution < -0.4 is 0 Å². The van der Waals surface area contributed by atoms with E-state index in [-0.39, 0.29) is 0 Å². The number of hydrogen-bond acceptors (Lipinski definition) is 3. The van der Waals surface area contributed by atoms with E-state index in [4.69, 9.17) is 0 Å². The van der Waals surface area contributed by atoms with Gasteiger partial charge in [-0.15, -0.1) is 4.99 Å². The molecule has 10 heavy (non-hydrogen) atoms. The van der Waals surface area contributed by atoms with E-state index in [1.54, 1.807) is 18.3 Å². The number of carbonyl (C=O) groups excluding carboxylic acids is 1. The summed E-state index contributed by atoms with van der Waals surface area (Å²) in [5, 5.41) is 0. The minimum absolute atomic E-state index is 0.359. The van der Waals surface area contributed by atoms with Crippen LogP contribution in [0.15, 0.2) is 27.8 Å². The lowest BCUT2D eigenvalue weighted by Gasteiger charge is -1.89. The molecule has 3 nitrogen and oxygen atoms in total. The topological polar surface area (TPSA) is 42.3 Å². The Morgan fingerprint density at radius 1 is 1.70 bits per heavy atom. The fraction of sp³-hybridized carbons (Fsp3) is 0. The maximum Gasteiger partial charge on any atom is 0.242 e. The highest BCUT2D eigenvalue weighted by Gasteiger charge is 1.94. The van der Waals surface area contributed by atoms with Crippen LogP contribution in [0.1, 0.15) is 0 Å². The van der Waals surface area contributed by atoms with Gasteiger partial charge in [-0.1, -0.05) is 0 Å². The number of aliphatic imine (C=N–C) groups is 1. The predicted molar refractivity (Wildman–Crippen MR) is 39.7 cm³/mol. The number of isocyanates is 1. The zero-order valence-corrected chi connectivity index (χ0v) is 6.50. The van der Waals surface area contributed by atoms with E-state index >= 15 is 0 Å². The molecule has 0 aliphatic carbocycles. The Bertz CT molecular complexity index is 281. The summed E-state index contributed by atoms with van der Waals surface area (Å²) < 4.78 is 0.693. The van der Waals surface area contributed by atoms with Crippen molar-refractivity contribution in [3.05, 3.63) is 22.8 Å². The molecule has 0 aromatic carbocycles. The van der Waals surface area contributed by atoms with Crippen LogP contribution >= 0.6 is 15.9 Å². The number of rotatable bonds is 1. The second-order valence-electron chi connectivity index (χ2n) is 1.51. The van der Waals surface area contributed by atoms with E-state index in [0.717, 1.165) is 0 Å². The molecule has 1 rings (SSSR count). The molecule has 0 saturated carbocycles. The summed E-state index contributed by atoms with van der Waals surface area (Å²) in [4.78, 5) is 16.9. The van der Waals surface area contributed by atoms with E-state index in [1.165, 1.54) is 6.08 Å². The van der Waals surface area contributed by atoms with E-state index in [1.807, 2.05) is 0 Å². The van der Waals surface area contributed by atoms with Crippen molar-refractivity contribution in [2.75, 3.05) is 0 Å². The molecule has 0 aliphatic heterocycles. The van der Waals surface area contributed by atoms with Gasteiger partial charge in [0.05, 0.1) is 4.47 Å². The van der Waals surface area contributed by atoms with Gasteiger partial charge in [0.1, 0.15) is 0 Å². The van der Waals surface area contributed by atoms with Crippen LogP contribution in [0.3, 0.4) is 0 Å². The molecular weight excluding hydrogens is 196 g/mol. The second kappa shape index (κ2) is 3.25. The van der Waals surface area contributed by atoms with Crippen molar-refractivity contribution in [3.63, 3.8) is 0 Å². The molecule has 0 bridgehead atoms. The van der Waals surface area contributed by atoms with Crippen molar-refractivity contribution in [2.45, 2.75) is 0 Å². The molecule has 0 atom stereocenters. The van der Waals surface area contributed by atoms with Crippen LogP contribution in [0.5, 0.6) is 0 Å². The smallest absolute Gasteiger partial charge is 0.235 e. The van der Waals surface area contributed by atoms with E-state index in [9.17, 15) is 4.79 Å². The zero-order chi connectivity index (χ0) is 7.40. The second-order valence-corrected chi connectivity index (χ2v) is 2.37. The van der Waals surface area contributed by atoms with Gasteiger partial charge in [-0.25, -0.2) is 9.78 Å². The van der Waals surface area contributed by atoms with Crippen molar-refractivity contribution < 1.29 is 4.79 Å². The van der Waals surface area contributed by atoms with Crippen molar-refractivity contribution >= 4 is 27.8 Å². The van der Waals surface area contributed by atoms with Crippen LogP contribution in [-0.2, 0) is 4.79 Å². The van der Waals surface area contributed by atoms with Crippen LogP contribution in [0.2, 0.25) is 0 Å². The van der Waals surface area contributed by atoms with Crippen molar-refractivity contribution in [2.24, 2.45) is 4.99 Å². The lowest BCUT2D eigenvalue weighted by molar-refractivity contribution is 0.565. The third kappa shape index (κ3) is 1.50. The molecule has 0 N–H and O–H groups in total. The molecule has 0 amide bonds. The van der Waals surface area contributed by atoms with Gasteiger partial charge in [0.15, 0.2) is 5.82 Å². The standard InChI is InChI=1S/C6H3BrN2O/c7-5-2-1-3-8-6(5)9-4-10/h1-3H. The number of nitrogens with zero attached hydrogens (tertiary/aromatic N) is 2. The van der Waals surface area contributed by atoms with Gasteiger partial charge < -0.3 is 0 Å². The Labute approximate surface area is 65.9 Å². The van der Waals surface area contributed by atoms with E-state index in [2.05, 4.69) is 25.9 Å². The maximum absolute atomic E-state index is 9.77. The minimum Gasteiger partial charge on any atom is -0.235 e. The number of aromatic nitrogens is 1. The van der Waals surface area contributed by atoms with Crippen molar-refractivity contribution in [1.82, 2.24) is 4.98 Å². The average Bonchev–Trinajstić information content (AvgIpc) is 1.94. The Morgan fingerprint density at radius 3 is 3.10 bits per heavy atom. The van der Waals surface area contributed by atoms with Crippen LogP contribution in [0, 0.1) is 0 Å². The highest BCUT2D eigenvalue weighted by molar-refractivity contribution is 9.10. The monoisotopic (exact) mass is 198 g/mol. The van der Waals surface area contributed by atoms with Gasteiger partial charge in [0, 0.05) is 6.20 Å². The van der Waals surface area contributed by atoms with Gasteiger partial charge in [-0.3, -0.25) is 0 Å². The molecule has 50 valence electrons. The van der Waals surface area contributed by atoms with Crippen molar-refractivity contribution in [1.29, 1.82) is 0 Å². The fourth-order valence-electron chi connectivity index (χ4n) is 0.503. The van der Waals surface area contributed by atoms with Crippen LogP contribution in [-0.4, -0.2) is 11.1 Å². The summed E-state index contributed by atoms with van der Waals surface area (Å²) in [6.45, 7) is 0. The Morgan fingerprint density at radius 2 is 2.50 bits per heavy atom. The minimum atomic E-state index is 0.359. The molecule has 0 spiro atoms. The SMILES string of the molecule is O=C=Nc1ncccc1Br. The number of halogens is 1. The van der Waals surface area contributed by atoms with Crippen molar-refractivity contribution in [3.8, 4) is 0 Å². The first-order chi connectivity index (χ1) is 4.84. The summed E-state index contributed by atoms with van der Waals surface area (Å²) in [7, 11) is 0. The predicted octanol–water partition coefficient (Wildman–Crippen LogP) is 1.81. The molecule has 0 unspecified atom stereocenters. The van der Waals surface area contributed by atoms with E-state index in [0.29, 0.717) is 10.3 Å². The number of pyridine rings is 1. The Balaban J connectivity index is 3.14. The quantitative estimate of drug-likeness (QED) is 0.511. The largest absolute Gasteiger partial charge is 0.242 e. The molecule has 0 aliphatic rings. The van der Waals surface area contributed by atoms with Gasteiger partial charge in [-0.05, 0) is 28.1 Å². The van der Waals surface area contributed by atoms with Crippen LogP contribution in [0.4, 0.5) is 5.82 Å². The summed E-state index contributed by atoms with van der Waals surface area (Å²) in [6, 6.07) is 3.50. The van der Waals surface area contributed by atoms with Gasteiger partial charge in [0.25, 0.3) is 0 Å². The Kier molecular flexibility index (Phi) is 2.31. The number of hydrogen-bond donors (Lipinski definition) is 0. The highest BCUT2D eigenvalue weighted by atomic mass is 79.9. The fourth-order valence-corrected chi connectivity index (χ4v) is 0.847. The summed E-state index contributed by atoms with van der Waals surface area (Å²) in [5.74, 6) is 0.359. The molecule has 0 radical (unpaired) electrons. The highest BCUT2D eigenvalue weighted by Crippen LogP contribution is 2.20. The first-order valence-corrected chi connectivity index (χ1v) is 3.32. The molecular formula is C6H3BrN2O. The zero-order valence-electron chi connectivity index (χ0n) is 4.91. The normalized spacial score (nSPS) is 8.50. The third-order valence-corrected chi connectivity index (χ3v) is 1.51. The van der Waals surface area contributed by atoms with Gasteiger partial charge in [0.2, 0.25) is 6.08 Å². The first-order valence-electron chi connectivity index (χ1n) is 2.53. The van der Waals surface area contributed by atoms with Gasteiger partial charge >= 0.3 is 0 Å². The molecule has 1 aromatic heterocycles. The summed E-state index contributed by atoms with van der Waals surface area (Å²) in [6.07, 6.45) is 2.96.